The van der Waals surface area contributed by atoms with Crippen molar-refractivity contribution in [2.45, 2.75) is 64.4 Å². The van der Waals surface area contributed by atoms with E-state index in [0.717, 1.165) is 25.7 Å². The van der Waals surface area contributed by atoms with Crippen LogP contribution in [0, 0.1) is 0 Å². The van der Waals surface area contributed by atoms with E-state index in [2.05, 4.69) is 6.92 Å². The van der Waals surface area contributed by atoms with Gasteiger partial charge >= 0.3 is 5.97 Å². The monoisotopic (exact) mass is 280 g/mol. The van der Waals surface area contributed by atoms with Gasteiger partial charge in [0.1, 0.15) is 0 Å². The molecule has 0 aliphatic rings. The van der Waals surface area contributed by atoms with E-state index in [0.29, 0.717) is 6.42 Å². The van der Waals surface area contributed by atoms with E-state index in [1.807, 2.05) is 36.5 Å². The van der Waals surface area contributed by atoms with Crippen molar-refractivity contribution in [2.24, 2.45) is 0 Å². The summed E-state index contributed by atoms with van der Waals surface area (Å²) in [5.41, 5.74) is 0. The topological polar surface area (TPSA) is 57.5 Å². The molecular formula is C17H28O3. The van der Waals surface area contributed by atoms with Crippen LogP contribution in [0.15, 0.2) is 36.5 Å². The molecule has 20 heavy (non-hydrogen) atoms. The smallest absolute Gasteiger partial charge is 0.303 e. The fraction of sp³-hybridized carbons (Fsp3) is 0.588. The van der Waals surface area contributed by atoms with E-state index >= 15 is 0 Å². The van der Waals surface area contributed by atoms with Crippen LogP contribution < -0.4 is 0 Å². The summed E-state index contributed by atoms with van der Waals surface area (Å²) in [6, 6.07) is 0. The predicted octanol–water partition coefficient (Wildman–Crippen LogP) is 4.24. The van der Waals surface area contributed by atoms with Crippen LogP contribution in [0.5, 0.6) is 0 Å². The van der Waals surface area contributed by atoms with Gasteiger partial charge in [0, 0.05) is 6.42 Å². The second-order valence-corrected chi connectivity index (χ2v) is 4.87. The number of hydrogen-bond donors (Lipinski definition) is 2. The summed E-state index contributed by atoms with van der Waals surface area (Å²) in [5.74, 6) is -0.735. The molecular weight excluding hydrogens is 252 g/mol. The van der Waals surface area contributed by atoms with E-state index in [-0.39, 0.29) is 12.5 Å². The van der Waals surface area contributed by atoms with Crippen molar-refractivity contribution in [1.82, 2.24) is 0 Å². The molecule has 0 bridgehead atoms. The van der Waals surface area contributed by atoms with Crippen molar-refractivity contribution in [3.63, 3.8) is 0 Å². The van der Waals surface area contributed by atoms with Gasteiger partial charge in [-0.3, -0.25) is 4.79 Å². The lowest BCUT2D eigenvalue weighted by Crippen LogP contribution is -2.00. The van der Waals surface area contributed by atoms with Gasteiger partial charge in [0.05, 0.1) is 6.10 Å². The Kier molecular flexibility index (Phi) is 13.1. The van der Waals surface area contributed by atoms with Crippen LogP contribution in [-0.4, -0.2) is 22.3 Å². The number of aliphatic hydroxyl groups excluding tert-OH is 1. The number of unbranched alkanes of at least 4 members (excludes halogenated alkanes) is 3. The number of carboxylic acids is 1. The first-order valence-corrected chi connectivity index (χ1v) is 7.55. The van der Waals surface area contributed by atoms with Crippen molar-refractivity contribution in [1.29, 1.82) is 0 Å². The number of rotatable bonds is 12. The predicted molar refractivity (Wildman–Crippen MR) is 83.7 cm³/mol. The molecule has 0 saturated heterocycles. The van der Waals surface area contributed by atoms with Gasteiger partial charge in [0.15, 0.2) is 0 Å². The third kappa shape index (κ3) is 14.7. The van der Waals surface area contributed by atoms with E-state index in [4.69, 9.17) is 5.11 Å². The average Bonchev–Trinajstić information content (AvgIpc) is 2.41. The molecule has 0 saturated carbocycles. The number of aliphatic carboxylic acids is 1. The van der Waals surface area contributed by atoms with E-state index in [9.17, 15) is 9.90 Å². The van der Waals surface area contributed by atoms with Crippen LogP contribution in [0.3, 0.4) is 0 Å². The molecule has 0 heterocycles. The van der Waals surface area contributed by atoms with Gasteiger partial charge < -0.3 is 10.2 Å². The summed E-state index contributed by atoms with van der Waals surface area (Å²) < 4.78 is 0. The summed E-state index contributed by atoms with van der Waals surface area (Å²) in [5, 5.41) is 18.1. The van der Waals surface area contributed by atoms with Crippen LogP contribution in [0.25, 0.3) is 0 Å². The zero-order chi connectivity index (χ0) is 15.1. The summed E-state index contributed by atoms with van der Waals surface area (Å²) in [7, 11) is 0. The minimum absolute atomic E-state index is 0.235. The zero-order valence-corrected chi connectivity index (χ0v) is 12.5. The van der Waals surface area contributed by atoms with Gasteiger partial charge in [0.2, 0.25) is 0 Å². The molecule has 0 amide bonds. The van der Waals surface area contributed by atoms with Crippen molar-refractivity contribution in [3.8, 4) is 0 Å². The summed E-state index contributed by atoms with van der Waals surface area (Å²) in [6.45, 7) is 2.15. The van der Waals surface area contributed by atoms with Gasteiger partial charge in [-0.1, -0.05) is 62.6 Å². The first kappa shape index (κ1) is 18.7. The second kappa shape index (κ2) is 14.1. The summed E-state index contributed by atoms with van der Waals surface area (Å²) in [4.78, 5) is 10.3. The maximum absolute atomic E-state index is 10.3. The molecule has 3 heteroatoms. The fourth-order valence-electron chi connectivity index (χ4n) is 1.71. The van der Waals surface area contributed by atoms with Gasteiger partial charge in [-0.15, -0.1) is 0 Å². The largest absolute Gasteiger partial charge is 0.481 e. The van der Waals surface area contributed by atoms with Crippen molar-refractivity contribution in [2.75, 3.05) is 0 Å². The number of carbonyl (C=O) groups is 1. The third-order valence-corrected chi connectivity index (χ3v) is 2.88. The molecule has 1 atom stereocenters. The highest BCUT2D eigenvalue weighted by Gasteiger charge is 1.96. The van der Waals surface area contributed by atoms with Crippen LogP contribution >= 0.6 is 0 Å². The third-order valence-electron chi connectivity index (χ3n) is 2.88. The molecule has 0 aliphatic heterocycles. The second-order valence-electron chi connectivity index (χ2n) is 4.87. The highest BCUT2D eigenvalue weighted by atomic mass is 16.4. The van der Waals surface area contributed by atoms with Gasteiger partial charge in [-0.2, -0.15) is 0 Å². The van der Waals surface area contributed by atoms with E-state index < -0.39 is 5.97 Å². The first-order chi connectivity index (χ1) is 9.66. The Labute approximate surface area is 122 Å². The maximum atomic E-state index is 10.3. The van der Waals surface area contributed by atoms with Gasteiger partial charge in [-0.05, 0) is 25.7 Å². The number of aliphatic hydroxyl groups is 1. The molecule has 0 radical (unpaired) electrons. The average molecular weight is 280 g/mol. The lowest BCUT2D eigenvalue weighted by molar-refractivity contribution is -0.137. The highest BCUT2D eigenvalue weighted by Crippen LogP contribution is 2.04. The molecule has 0 aromatic carbocycles. The molecule has 0 rings (SSSR count). The Morgan fingerprint density at radius 1 is 1.10 bits per heavy atom. The Balaban J connectivity index is 3.54. The minimum atomic E-state index is -0.735. The minimum Gasteiger partial charge on any atom is -0.481 e. The van der Waals surface area contributed by atoms with Gasteiger partial charge in [-0.25, -0.2) is 0 Å². The van der Waals surface area contributed by atoms with Crippen LogP contribution in [0.1, 0.15) is 58.3 Å². The lowest BCUT2D eigenvalue weighted by Gasteiger charge is -2.02. The van der Waals surface area contributed by atoms with Crippen LogP contribution in [-0.2, 0) is 4.79 Å². The first-order valence-electron chi connectivity index (χ1n) is 7.55. The standard InChI is InChI=1S/C17H28O3/c1-2-3-10-13-16(18)14-11-8-6-4-5-7-9-12-15-17(19)20/h5-8,11,14,16,18H,2-4,9-10,12-13,15H2,1H3,(H,19,20)/b7-5-,8-6-,14-11+. The quantitative estimate of drug-likeness (QED) is 0.319. The SMILES string of the molecule is CCCCCC(O)/C=C/C=C\C/C=C\CCCC(=O)O. The summed E-state index contributed by atoms with van der Waals surface area (Å²) >= 11 is 0. The van der Waals surface area contributed by atoms with Crippen LogP contribution in [0.2, 0.25) is 0 Å². The molecule has 2 N–H and O–H groups in total. The molecule has 0 aromatic heterocycles. The molecule has 0 spiro atoms. The highest BCUT2D eigenvalue weighted by molar-refractivity contribution is 5.66. The Morgan fingerprint density at radius 3 is 2.60 bits per heavy atom. The Morgan fingerprint density at radius 2 is 1.90 bits per heavy atom. The normalized spacial score (nSPS) is 13.7. The number of hydrogen-bond acceptors (Lipinski definition) is 2. The van der Waals surface area contributed by atoms with Gasteiger partial charge in [0.25, 0.3) is 0 Å². The lowest BCUT2D eigenvalue weighted by atomic mass is 10.1. The molecule has 0 aromatic rings. The Hall–Kier alpha value is -1.35. The number of carboxylic acid groups (broad SMARTS) is 1. The van der Waals surface area contributed by atoms with Crippen LogP contribution in [0.4, 0.5) is 0 Å². The Bertz CT molecular complexity index is 316. The molecule has 0 aliphatic carbocycles. The van der Waals surface area contributed by atoms with E-state index in [1.165, 1.54) is 12.8 Å². The van der Waals surface area contributed by atoms with E-state index in [1.54, 1.807) is 0 Å². The van der Waals surface area contributed by atoms with Crippen molar-refractivity contribution < 1.29 is 15.0 Å². The molecule has 0 fully saturated rings. The molecule has 114 valence electrons. The summed E-state index contributed by atoms with van der Waals surface area (Å²) in [6.07, 6.45) is 18.2. The molecule has 3 nitrogen and oxygen atoms in total. The fourth-order valence-corrected chi connectivity index (χ4v) is 1.71. The van der Waals surface area contributed by atoms with Crippen molar-refractivity contribution >= 4 is 5.97 Å². The van der Waals surface area contributed by atoms with Crippen molar-refractivity contribution in [3.05, 3.63) is 36.5 Å². The number of allylic oxidation sites excluding steroid dienone is 5. The molecule has 1 unspecified atom stereocenters. The maximum Gasteiger partial charge on any atom is 0.303 e. The zero-order valence-electron chi connectivity index (χ0n) is 12.5.